The molecule has 0 fully saturated rings. The Labute approximate surface area is 89.0 Å². The zero-order chi connectivity index (χ0) is 12.5. The van der Waals surface area contributed by atoms with Crippen molar-refractivity contribution in [3.05, 3.63) is 21.9 Å². The lowest BCUT2D eigenvalue weighted by atomic mass is 9.95. The van der Waals surface area contributed by atoms with Gasteiger partial charge in [0.05, 0.1) is 11.0 Å². The molecule has 84 valence electrons. The van der Waals surface area contributed by atoms with E-state index >= 15 is 0 Å². The molecular weight excluding hydrogens is 218 g/mol. The number of allylic oxidation sites excluding steroid dienone is 1. The predicted octanol–water partition coefficient (Wildman–Crippen LogP) is -1.18. The van der Waals surface area contributed by atoms with E-state index in [1.807, 2.05) is 0 Å². The molecule has 0 bridgehead atoms. The molecule has 1 rings (SSSR count). The largest absolute Gasteiger partial charge is 0.344 e. The summed E-state index contributed by atoms with van der Waals surface area (Å²) in [6.45, 7) is 1.13. The molecule has 1 atom stereocenters. The zero-order valence-electron chi connectivity index (χ0n) is 8.14. The van der Waals surface area contributed by atoms with E-state index in [4.69, 9.17) is 5.41 Å². The van der Waals surface area contributed by atoms with E-state index in [1.165, 1.54) is 0 Å². The zero-order valence-corrected chi connectivity index (χ0v) is 8.14. The van der Waals surface area contributed by atoms with Gasteiger partial charge in [0.25, 0.3) is 5.78 Å². The number of carbonyl (C=O) groups is 3. The number of ketones is 2. The quantitative estimate of drug-likeness (QED) is 0.347. The van der Waals surface area contributed by atoms with E-state index in [1.54, 1.807) is 0 Å². The summed E-state index contributed by atoms with van der Waals surface area (Å²) in [5.41, 5.74) is -1.59. The predicted molar refractivity (Wildman–Crippen MR) is 50.4 cm³/mol. The van der Waals surface area contributed by atoms with Gasteiger partial charge < -0.3 is 5.32 Å². The molecule has 8 heteroatoms. The Bertz CT molecular complexity index is 451. The maximum Gasteiger partial charge on any atom is 0.319 e. The second-order valence-electron chi connectivity index (χ2n) is 3.06. The highest BCUT2D eigenvalue weighted by molar-refractivity contribution is 6.69. The third-order valence-electron chi connectivity index (χ3n) is 1.87. The summed E-state index contributed by atoms with van der Waals surface area (Å²) in [6.07, 6.45) is 0.785. The Morgan fingerprint density at radius 2 is 2.06 bits per heavy atom. The number of nitrogens with zero attached hydrogens (tertiary/aromatic N) is 1. The van der Waals surface area contributed by atoms with Crippen molar-refractivity contribution < 1.29 is 19.3 Å². The fourth-order valence-electron chi connectivity index (χ4n) is 1.17. The van der Waals surface area contributed by atoms with Crippen LogP contribution in [0.15, 0.2) is 11.8 Å². The van der Waals surface area contributed by atoms with Crippen LogP contribution in [-0.2, 0) is 14.4 Å². The average molecular weight is 225 g/mol. The highest BCUT2D eigenvalue weighted by Gasteiger charge is 2.40. The second-order valence-corrected chi connectivity index (χ2v) is 3.06. The maximum atomic E-state index is 11.2. The molecule has 0 saturated heterocycles. The lowest BCUT2D eigenvalue weighted by molar-refractivity contribution is -0.418. The van der Waals surface area contributed by atoms with Crippen LogP contribution in [0.5, 0.6) is 0 Å². The number of rotatable bonds is 2. The van der Waals surface area contributed by atoms with Crippen LogP contribution in [0.1, 0.15) is 6.92 Å². The number of Topliss-reactive ketones (excluding diaryl/α,β-unsaturated/α-hetero) is 2. The molecule has 0 heterocycles. The molecule has 0 spiro atoms. The monoisotopic (exact) mass is 225 g/mol. The van der Waals surface area contributed by atoms with Crippen molar-refractivity contribution >= 4 is 23.2 Å². The third kappa shape index (κ3) is 2.00. The summed E-state index contributed by atoms with van der Waals surface area (Å²) in [4.78, 5) is 42.4. The number of hydrogen-bond donors (Lipinski definition) is 2. The molecule has 1 unspecified atom stereocenters. The van der Waals surface area contributed by atoms with E-state index in [9.17, 15) is 24.5 Å². The lowest BCUT2D eigenvalue weighted by Gasteiger charge is -2.16. The number of nitro groups is 1. The molecule has 0 aromatic heterocycles. The summed E-state index contributed by atoms with van der Waals surface area (Å²) >= 11 is 0. The molecule has 1 amide bonds. The Morgan fingerprint density at radius 1 is 1.50 bits per heavy atom. The van der Waals surface area contributed by atoms with Crippen LogP contribution in [-0.4, -0.2) is 34.2 Å². The summed E-state index contributed by atoms with van der Waals surface area (Å²) < 4.78 is 0. The summed E-state index contributed by atoms with van der Waals surface area (Å²) in [5, 5.41) is 19.8. The van der Waals surface area contributed by atoms with Crippen LogP contribution in [0.4, 0.5) is 0 Å². The minimum Gasteiger partial charge on any atom is -0.344 e. The van der Waals surface area contributed by atoms with Crippen LogP contribution in [0.3, 0.4) is 0 Å². The van der Waals surface area contributed by atoms with Crippen molar-refractivity contribution in [2.45, 2.75) is 13.0 Å². The van der Waals surface area contributed by atoms with Gasteiger partial charge in [0.1, 0.15) is 5.71 Å². The molecular formula is C8H7N3O5. The standard InChI is InChI=1S/C8H7N3O5/c1-3(12)10-4-2-5(11(15)16)7(13)8(14)6(4)9/h2,4,9H,1H3,(H,10,12). The highest BCUT2D eigenvalue weighted by Crippen LogP contribution is 2.10. The molecule has 0 saturated carbocycles. The van der Waals surface area contributed by atoms with Gasteiger partial charge in [0.2, 0.25) is 5.91 Å². The number of amides is 1. The fourth-order valence-corrected chi connectivity index (χ4v) is 1.17. The van der Waals surface area contributed by atoms with E-state index in [-0.39, 0.29) is 0 Å². The Hall–Kier alpha value is -2.38. The SMILES string of the molecule is CC(=O)NC1C=C([N+](=O)[O-])C(=O)C(=O)C1=N. The van der Waals surface area contributed by atoms with E-state index in [2.05, 4.69) is 5.32 Å². The van der Waals surface area contributed by atoms with Crippen molar-refractivity contribution in [1.82, 2.24) is 5.32 Å². The first-order valence-corrected chi connectivity index (χ1v) is 4.15. The Kier molecular flexibility index (Phi) is 2.93. The normalized spacial score (nSPS) is 20.4. The van der Waals surface area contributed by atoms with Crippen LogP contribution < -0.4 is 5.32 Å². The van der Waals surface area contributed by atoms with Gasteiger partial charge in [-0.2, -0.15) is 0 Å². The van der Waals surface area contributed by atoms with Gasteiger partial charge in [-0.3, -0.25) is 29.9 Å². The van der Waals surface area contributed by atoms with Crippen LogP contribution >= 0.6 is 0 Å². The fraction of sp³-hybridized carbons (Fsp3) is 0.250. The lowest BCUT2D eigenvalue weighted by Crippen LogP contribution is -2.48. The number of carbonyl (C=O) groups excluding carboxylic acids is 3. The Balaban J connectivity index is 3.15. The molecule has 1 aliphatic carbocycles. The summed E-state index contributed by atoms with van der Waals surface area (Å²) in [7, 11) is 0. The number of hydrogen-bond acceptors (Lipinski definition) is 6. The van der Waals surface area contributed by atoms with E-state index < -0.39 is 39.8 Å². The molecule has 1 aliphatic rings. The minimum atomic E-state index is -1.34. The Morgan fingerprint density at radius 3 is 2.50 bits per heavy atom. The minimum absolute atomic E-state index is 0.559. The average Bonchev–Trinajstić information content (AvgIpc) is 2.18. The molecule has 8 nitrogen and oxygen atoms in total. The van der Waals surface area contributed by atoms with Crippen LogP contribution in [0, 0.1) is 15.5 Å². The smallest absolute Gasteiger partial charge is 0.319 e. The third-order valence-corrected chi connectivity index (χ3v) is 1.87. The van der Waals surface area contributed by atoms with Gasteiger partial charge in [-0.1, -0.05) is 0 Å². The van der Waals surface area contributed by atoms with Crippen molar-refractivity contribution in [1.29, 1.82) is 5.41 Å². The number of nitrogens with one attached hydrogen (secondary N) is 2. The summed E-state index contributed by atoms with van der Waals surface area (Å²) in [6, 6.07) is -1.22. The van der Waals surface area contributed by atoms with Gasteiger partial charge >= 0.3 is 11.5 Å². The van der Waals surface area contributed by atoms with Crippen LogP contribution in [0.25, 0.3) is 0 Å². The van der Waals surface area contributed by atoms with Gasteiger partial charge in [0.15, 0.2) is 0 Å². The molecule has 16 heavy (non-hydrogen) atoms. The first kappa shape index (κ1) is 11.7. The van der Waals surface area contributed by atoms with E-state index in [0.717, 1.165) is 13.0 Å². The van der Waals surface area contributed by atoms with E-state index in [0.29, 0.717) is 0 Å². The van der Waals surface area contributed by atoms with Gasteiger partial charge in [-0.15, -0.1) is 0 Å². The maximum absolute atomic E-state index is 11.2. The highest BCUT2D eigenvalue weighted by atomic mass is 16.6. The molecule has 2 N–H and O–H groups in total. The topological polar surface area (TPSA) is 130 Å². The molecule has 0 aliphatic heterocycles. The van der Waals surface area contributed by atoms with Crippen molar-refractivity contribution in [2.24, 2.45) is 0 Å². The first-order valence-electron chi connectivity index (χ1n) is 4.15. The molecule has 0 aromatic carbocycles. The van der Waals surface area contributed by atoms with Crippen molar-refractivity contribution in [2.75, 3.05) is 0 Å². The van der Waals surface area contributed by atoms with Crippen molar-refractivity contribution in [3.8, 4) is 0 Å². The second kappa shape index (κ2) is 4.01. The van der Waals surface area contributed by atoms with Gasteiger partial charge in [-0.05, 0) is 0 Å². The first-order chi connectivity index (χ1) is 7.34. The van der Waals surface area contributed by atoms with Gasteiger partial charge in [-0.25, -0.2) is 0 Å². The van der Waals surface area contributed by atoms with Gasteiger partial charge in [0, 0.05) is 13.0 Å². The molecule has 0 radical (unpaired) electrons. The molecule has 0 aromatic rings. The van der Waals surface area contributed by atoms with Crippen LogP contribution in [0.2, 0.25) is 0 Å². The summed E-state index contributed by atoms with van der Waals surface area (Å²) in [5.74, 6) is -3.17. The van der Waals surface area contributed by atoms with Crippen molar-refractivity contribution in [3.63, 3.8) is 0 Å².